The van der Waals surface area contributed by atoms with Crippen molar-refractivity contribution in [1.29, 1.82) is 0 Å². The van der Waals surface area contributed by atoms with Crippen LogP contribution in [0.1, 0.15) is 19.4 Å². The number of morpholine rings is 1. The summed E-state index contributed by atoms with van der Waals surface area (Å²) in [6.07, 6.45) is 1.72. The van der Waals surface area contributed by atoms with E-state index in [-0.39, 0.29) is 0 Å². The molecule has 0 spiro atoms. The van der Waals surface area contributed by atoms with Crippen LogP contribution >= 0.6 is 11.6 Å². The lowest BCUT2D eigenvalue weighted by Gasteiger charge is -2.24. The molecule has 4 nitrogen and oxygen atoms in total. The number of nitrogens with zero attached hydrogens (tertiary/aromatic N) is 2. The molecular formula is C15H20ClN3O. The third kappa shape index (κ3) is 4.68. The van der Waals surface area contributed by atoms with Gasteiger partial charge < -0.3 is 10.1 Å². The van der Waals surface area contributed by atoms with Crippen molar-refractivity contribution in [3.63, 3.8) is 0 Å². The normalized spacial score (nSPS) is 15.8. The molecule has 1 aromatic heterocycles. The van der Waals surface area contributed by atoms with E-state index in [0.29, 0.717) is 11.2 Å². The summed E-state index contributed by atoms with van der Waals surface area (Å²) in [6, 6.07) is 2.15. The van der Waals surface area contributed by atoms with Crippen molar-refractivity contribution >= 4 is 17.3 Å². The molecule has 1 aliphatic heterocycles. The Morgan fingerprint density at radius 1 is 1.45 bits per heavy atom. The van der Waals surface area contributed by atoms with Gasteiger partial charge in [0.25, 0.3) is 0 Å². The third-order valence-corrected chi connectivity index (χ3v) is 3.15. The van der Waals surface area contributed by atoms with E-state index >= 15 is 0 Å². The second-order valence-electron chi connectivity index (χ2n) is 5.04. The van der Waals surface area contributed by atoms with Gasteiger partial charge in [-0.3, -0.25) is 4.90 Å². The van der Waals surface area contributed by atoms with Gasteiger partial charge in [0.15, 0.2) is 0 Å². The molecule has 2 rings (SSSR count). The highest BCUT2D eigenvalue weighted by molar-refractivity contribution is 6.29. The van der Waals surface area contributed by atoms with Crippen molar-refractivity contribution in [3.8, 4) is 11.8 Å². The standard InChI is InChI=1S/C15H20ClN3O/c1-12(2)18-14-10-15(16)17-11-13(14)4-3-5-19-6-8-20-9-7-19/h10-12H,5-9H2,1-2H3,(H,17,18). The first-order valence-corrected chi connectivity index (χ1v) is 7.24. The van der Waals surface area contributed by atoms with E-state index in [1.165, 1.54) is 0 Å². The largest absolute Gasteiger partial charge is 0.382 e. The van der Waals surface area contributed by atoms with E-state index in [1.807, 2.05) is 6.07 Å². The lowest BCUT2D eigenvalue weighted by Crippen LogP contribution is -2.36. The first-order chi connectivity index (χ1) is 9.65. The zero-order valence-electron chi connectivity index (χ0n) is 11.9. The Balaban J connectivity index is 2.04. The molecular weight excluding hydrogens is 274 g/mol. The first kappa shape index (κ1) is 15.1. The summed E-state index contributed by atoms with van der Waals surface area (Å²) in [5.41, 5.74) is 1.82. The van der Waals surface area contributed by atoms with Gasteiger partial charge in [0.05, 0.1) is 31.0 Å². The number of hydrogen-bond acceptors (Lipinski definition) is 4. The van der Waals surface area contributed by atoms with E-state index in [0.717, 1.165) is 44.1 Å². The highest BCUT2D eigenvalue weighted by Crippen LogP contribution is 2.18. The average Bonchev–Trinajstić information content (AvgIpc) is 2.42. The van der Waals surface area contributed by atoms with Gasteiger partial charge >= 0.3 is 0 Å². The fourth-order valence-corrected chi connectivity index (χ4v) is 2.12. The molecule has 1 aliphatic rings. The third-order valence-electron chi connectivity index (χ3n) is 2.94. The van der Waals surface area contributed by atoms with E-state index in [2.05, 4.69) is 40.9 Å². The Hall–Kier alpha value is -1.28. The number of rotatable bonds is 3. The topological polar surface area (TPSA) is 37.4 Å². The number of hydrogen-bond donors (Lipinski definition) is 1. The number of ether oxygens (including phenoxy) is 1. The van der Waals surface area contributed by atoms with Crippen LogP contribution in [0.2, 0.25) is 5.15 Å². The summed E-state index contributed by atoms with van der Waals surface area (Å²) in [5.74, 6) is 6.38. The summed E-state index contributed by atoms with van der Waals surface area (Å²) in [7, 11) is 0. The molecule has 1 saturated heterocycles. The number of pyridine rings is 1. The Labute approximate surface area is 125 Å². The molecule has 0 aromatic carbocycles. The minimum absolute atomic E-state index is 0.327. The fraction of sp³-hybridized carbons (Fsp3) is 0.533. The molecule has 0 radical (unpaired) electrons. The van der Waals surface area contributed by atoms with Crippen LogP contribution < -0.4 is 5.32 Å². The summed E-state index contributed by atoms with van der Waals surface area (Å²) in [4.78, 5) is 6.39. The molecule has 1 N–H and O–H groups in total. The predicted octanol–water partition coefficient (Wildman–Crippen LogP) is 2.24. The molecule has 0 aliphatic carbocycles. The van der Waals surface area contributed by atoms with Gasteiger partial charge in [-0.05, 0) is 19.9 Å². The molecule has 0 unspecified atom stereocenters. The van der Waals surface area contributed by atoms with Gasteiger partial charge in [-0.1, -0.05) is 23.4 Å². The van der Waals surface area contributed by atoms with Crippen molar-refractivity contribution in [2.24, 2.45) is 0 Å². The number of nitrogens with one attached hydrogen (secondary N) is 1. The van der Waals surface area contributed by atoms with Gasteiger partial charge in [-0.25, -0.2) is 4.98 Å². The molecule has 0 bridgehead atoms. The Bertz CT molecular complexity index is 502. The molecule has 2 heterocycles. The zero-order chi connectivity index (χ0) is 14.4. The van der Waals surface area contributed by atoms with E-state index in [1.54, 1.807) is 6.20 Å². The van der Waals surface area contributed by atoms with Crippen molar-refractivity contribution in [2.45, 2.75) is 19.9 Å². The van der Waals surface area contributed by atoms with E-state index in [9.17, 15) is 0 Å². The number of anilines is 1. The lowest BCUT2D eigenvalue weighted by atomic mass is 10.2. The average molecular weight is 294 g/mol. The molecule has 1 fully saturated rings. The highest BCUT2D eigenvalue weighted by atomic mass is 35.5. The van der Waals surface area contributed by atoms with Crippen molar-refractivity contribution in [2.75, 3.05) is 38.2 Å². The Morgan fingerprint density at radius 2 is 2.20 bits per heavy atom. The maximum absolute atomic E-state index is 5.93. The lowest BCUT2D eigenvalue weighted by molar-refractivity contribution is 0.0443. The van der Waals surface area contributed by atoms with Crippen LogP contribution in [0.3, 0.4) is 0 Å². The van der Waals surface area contributed by atoms with Crippen molar-refractivity contribution in [1.82, 2.24) is 9.88 Å². The second kappa shape index (κ2) is 7.49. The smallest absolute Gasteiger partial charge is 0.131 e. The fourth-order valence-electron chi connectivity index (χ4n) is 1.97. The summed E-state index contributed by atoms with van der Waals surface area (Å²) >= 11 is 5.93. The molecule has 0 saturated carbocycles. The second-order valence-corrected chi connectivity index (χ2v) is 5.43. The first-order valence-electron chi connectivity index (χ1n) is 6.86. The van der Waals surface area contributed by atoms with E-state index in [4.69, 9.17) is 16.3 Å². The van der Waals surface area contributed by atoms with Gasteiger partial charge in [-0.15, -0.1) is 0 Å². The minimum atomic E-state index is 0.327. The molecule has 108 valence electrons. The molecule has 0 amide bonds. The van der Waals surface area contributed by atoms with Crippen LogP contribution in [0.25, 0.3) is 0 Å². The van der Waals surface area contributed by atoms with Crippen LogP contribution in [0.5, 0.6) is 0 Å². The predicted molar refractivity (Wildman–Crippen MR) is 82.1 cm³/mol. The maximum atomic E-state index is 5.93. The van der Waals surface area contributed by atoms with Crippen LogP contribution in [0, 0.1) is 11.8 Å². The monoisotopic (exact) mass is 293 g/mol. The summed E-state index contributed by atoms with van der Waals surface area (Å²) in [6.45, 7) is 8.41. The minimum Gasteiger partial charge on any atom is -0.382 e. The van der Waals surface area contributed by atoms with Crippen LogP contribution in [0.15, 0.2) is 12.3 Å². The van der Waals surface area contributed by atoms with Crippen LogP contribution in [-0.2, 0) is 4.74 Å². The van der Waals surface area contributed by atoms with Gasteiger partial charge in [0.1, 0.15) is 5.15 Å². The summed E-state index contributed by atoms with van der Waals surface area (Å²) in [5, 5.41) is 3.82. The van der Waals surface area contributed by atoms with E-state index < -0.39 is 0 Å². The Kier molecular flexibility index (Phi) is 5.66. The maximum Gasteiger partial charge on any atom is 0.131 e. The van der Waals surface area contributed by atoms with Crippen molar-refractivity contribution < 1.29 is 4.74 Å². The molecule has 5 heteroatoms. The van der Waals surface area contributed by atoms with Crippen LogP contribution in [-0.4, -0.2) is 48.8 Å². The number of halogens is 1. The summed E-state index contributed by atoms with van der Waals surface area (Å²) < 4.78 is 5.32. The van der Waals surface area contributed by atoms with Gasteiger partial charge in [-0.2, -0.15) is 0 Å². The van der Waals surface area contributed by atoms with Gasteiger partial charge in [0.2, 0.25) is 0 Å². The Morgan fingerprint density at radius 3 is 2.90 bits per heavy atom. The molecule has 20 heavy (non-hydrogen) atoms. The van der Waals surface area contributed by atoms with Crippen LogP contribution in [0.4, 0.5) is 5.69 Å². The SMILES string of the molecule is CC(C)Nc1cc(Cl)ncc1C#CCN1CCOCC1. The molecule has 1 aromatic rings. The van der Waals surface area contributed by atoms with Gasteiger partial charge in [0, 0.05) is 25.3 Å². The quantitative estimate of drug-likeness (QED) is 0.685. The number of aromatic nitrogens is 1. The zero-order valence-corrected chi connectivity index (χ0v) is 12.7. The van der Waals surface area contributed by atoms with Crippen molar-refractivity contribution in [3.05, 3.63) is 23.0 Å². The molecule has 0 atom stereocenters. The highest BCUT2D eigenvalue weighted by Gasteiger charge is 2.08.